The van der Waals surface area contributed by atoms with Crippen LogP contribution in [0, 0.1) is 25.2 Å². The van der Waals surface area contributed by atoms with E-state index < -0.39 is 12.6 Å². The number of esters is 1. The zero-order chi connectivity index (χ0) is 21.0. The number of nitrogens with one attached hydrogen (secondary N) is 1. The highest BCUT2D eigenvalue weighted by Gasteiger charge is 2.17. The number of hydrogen-bond acceptors (Lipinski definition) is 4. The third-order valence-electron chi connectivity index (χ3n) is 4.43. The van der Waals surface area contributed by atoms with Crippen LogP contribution in [0.3, 0.4) is 0 Å². The number of benzene rings is 1. The molecule has 146 valence electrons. The molecular formula is C22H18BrN3O3. The largest absolute Gasteiger partial charge is 0.453 e. The lowest BCUT2D eigenvalue weighted by molar-refractivity contribution is -0.137. The van der Waals surface area contributed by atoms with E-state index in [1.165, 1.54) is 6.08 Å². The first kappa shape index (κ1) is 20.4. The average Bonchev–Trinajstić information content (AvgIpc) is 3.33. The summed E-state index contributed by atoms with van der Waals surface area (Å²) in [5.74, 6) is -1.20. The number of aryl methyl sites for hydroxylation is 1. The molecule has 6 nitrogen and oxygen atoms in total. The minimum absolute atomic E-state index is 0.166. The Hall–Kier alpha value is -3.37. The van der Waals surface area contributed by atoms with Crippen LogP contribution < -0.4 is 0 Å². The minimum atomic E-state index is -0.833. The number of carbonyl (C=O) groups excluding carboxylic acids is 2. The fraction of sp³-hybridized carbons (Fsp3) is 0.136. The average molecular weight is 452 g/mol. The van der Waals surface area contributed by atoms with Gasteiger partial charge in [0.05, 0.1) is 5.69 Å². The topological polar surface area (TPSA) is 87.9 Å². The number of halogens is 1. The van der Waals surface area contributed by atoms with Gasteiger partial charge in [0.25, 0.3) is 0 Å². The molecule has 2 heterocycles. The van der Waals surface area contributed by atoms with Crippen LogP contribution in [0.4, 0.5) is 0 Å². The van der Waals surface area contributed by atoms with Crippen LogP contribution in [-0.2, 0) is 9.53 Å². The molecule has 3 rings (SSSR count). The van der Waals surface area contributed by atoms with Crippen LogP contribution in [0.2, 0.25) is 0 Å². The lowest BCUT2D eigenvalue weighted by Crippen LogP contribution is -2.15. The highest BCUT2D eigenvalue weighted by molar-refractivity contribution is 9.10. The Labute approximate surface area is 176 Å². The van der Waals surface area contributed by atoms with Gasteiger partial charge < -0.3 is 14.3 Å². The number of hydrogen-bond donors (Lipinski definition) is 1. The molecule has 0 amide bonds. The maximum Gasteiger partial charge on any atom is 0.349 e. The van der Waals surface area contributed by atoms with Gasteiger partial charge in [-0.05, 0) is 68.0 Å². The van der Waals surface area contributed by atoms with Gasteiger partial charge in [0.1, 0.15) is 11.6 Å². The molecule has 0 atom stereocenters. The lowest BCUT2D eigenvalue weighted by Gasteiger charge is -2.09. The highest BCUT2D eigenvalue weighted by Crippen LogP contribution is 2.24. The van der Waals surface area contributed by atoms with E-state index >= 15 is 0 Å². The van der Waals surface area contributed by atoms with Crippen molar-refractivity contribution >= 4 is 33.8 Å². The van der Waals surface area contributed by atoms with Gasteiger partial charge in [0.15, 0.2) is 6.61 Å². The number of nitriles is 1. The van der Waals surface area contributed by atoms with E-state index in [-0.39, 0.29) is 11.4 Å². The van der Waals surface area contributed by atoms with Crippen LogP contribution in [0.15, 0.2) is 58.7 Å². The van der Waals surface area contributed by atoms with Crippen molar-refractivity contribution in [1.29, 1.82) is 5.26 Å². The van der Waals surface area contributed by atoms with Crippen molar-refractivity contribution in [2.45, 2.75) is 13.8 Å². The molecule has 0 aliphatic rings. The van der Waals surface area contributed by atoms with E-state index in [4.69, 9.17) is 4.74 Å². The molecule has 2 aromatic heterocycles. The first-order chi connectivity index (χ1) is 13.9. The minimum Gasteiger partial charge on any atom is -0.453 e. The van der Waals surface area contributed by atoms with E-state index in [1.807, 2.05) is 54.8 Å². The molecule has 0 aliphatic heterocycles. The maximum atomic E-state index is 12.3. The second kappa shape index (κ2) is 8.76. The van der Waals surface area contributed by atoms with Crippen LogP contribution in [-0.4, -0.2) is 27.9 Å². The summed E-state index contributed by atoms with van der Waals surface area (Å²) in [5.41, 5.74) is 3.73. The molecule has 0 saturated carbocycles. The molecule has 0 saturated heterocycles. The predicted molar refractivity (Wildman–Crippen MR) is 113 cm³/mol. The number of carbonyl (C=O) groups is 2. The molecule has 0 radical (unpaired) electrons. The first-order valence-electron chi connectivity index (χ1n) is 8.81. The van der Waals surface area contributed by atoms with Crippen molar-refractivity contribution < 1.29 is 14.3 Å². The van der Waals surface area contributed by atoms with Gasteiger partial charge in [-0.15, -0.1) is 0 Å². The maximum absolute atomic E-state index is 12.3. The number of aromatic nitrogens is 2. The third kappa shape index (κ3) is 4.55. The van der Waals surface area contributed by atoms with Crippen LogP contribution in [0.25, 0.3) is 11.8 Å². The fourth-order valence-corrected chi connectivity index (χ4v) is 3.27. The second-order valence-corrected chi connectivity index (χ2v) is 7.31. The molecule has 1 N–H and O–H groups in total. The number of ether oxygens (including phenoxy) is 1. The van der Waals surface area contributed by atoms with Gasteiger partial charge in [0, 0.05) is 27.7 Å². The Balaban J connectivity index is 1.81. The molecule has 1 aromatic carbocycles. The molecule has 3 aromatic rings. The van der Waals surface area contributed by atoms with E-state index in [0.29, 0.717) is 5.69 Å². The first-order valence-corrected chi connectivity index (χ1v) is 9.60. The summed E-state index contributed by atoms with van der Waals surface area (Å²) in [4.78, 5) is 27.0. The summed E-state index contributed by atoms with van der Waals surface area (Å²) >= 11 is 3.42. The van der Waals surface area contributed by atoms with Crippen molar-refractivity contribution in [1.82, 2.24) is 9.55 Å². The quantitative estimate of drug-likeness (QED) is 0.258. The summed E-state index contributed by atoms with van der Waals surface area (Å²) < 4.78 is 8.03. The van der Waals surface area contributed by atoms with Gasteiger partial charge in [0.2, 0.25) is 5.78 Å². The Kier molecular flexibility index (Phi) is 6.15. The molecular weight excluding hydrogens is 434 g/mol. The normalized spacial score (nSPS) is 11.2. The van der Waals surface area contributed by atoms with Gasteiger partial charge in [-0.3, -0.25) is 4.79 Å². The van der Waals surface area contributed by atoms with Gasteiger partial charge in [-0.1, -0.05) is 15.9 Å². The van der Waals surface area contributed by atoms with Crippen molar-refractivity contribution in [3.63, 3.8) is 0 Å². The zero-order valence-corrected chi connectivity index (χ0v) is 17.5. The van der Waals surface area contributed by atoms with E-state index in [9.17, 15) is 14.9 Å². The summed E-state index contributed by atoms with van der Waals surface area (Å²) in [7, 11) is 0. The number of aromatic amines is 1. The van der Waals surface area contributed by atoms with Crippen molar-refractivity contribution in [2.24, 2.45) is 0 Å². The number of H-pyrrole nitrogens is 1. The van der Waals surface area contributed by atoms with Crippen LogP contribution in [0.5, 0.6) is 0 Å². The number of rotatable bonds is 6. The number of nitrogens with zero attached hydrogens (tertiary/aromatic N) is 2. The van der Waals surface area contributed by atoms with Gasteiger partial charge >= 0.3 is 5.97 Å². The molecule has 0 aliphatic carbocycles. The molecule has 0 fully saturated rings. The Morgan fingerprint density at radius 2 is 1.97 bits per heavy atom. The molecule has 0 bridgehead atoms. The third-order valence-corrected chi connectivity index (χ3v) is 4.96. The van der Waals surface area contributed by atoms with E-state index in [2.05, 4.69) is 20.9 Å². The molecule has 0 spiro atoms. The van der Waals surface area contributed by atoms with Crippen molar-refractivity contribution in [3.05, 3.63) is 81.4 Å². The van der Waals surface area contributed by atoms with E-state index in [0.717, 1.165) is 27.1 Å². The number of ketones is 1. The summed E-state index contributed by atoms with van der Waals surface area (Å²) in [6.45, 7) is 3.43. The summed E-state index contributed by atoms with van der Waals surface area (Å²) in [6, 6.07) is 14.9. The zero-order valence-electron chi connectivity index (χ0n) is 15.9. The monoisotopic (exact) mass is 451 g/mol. The van der Waals surface area contributed by atoms with Gasteiger partial charge in [-0.2, -0.15) is 5.26 Å². The molecule has 7 heteroatoms. The van der Waals surface area contributed by atoms with E-state index in [1.54, 1.807) is 18.3 Å². The van der Waals surface area contributed by atoms with Gasteiger partial charge in [-0.25, -0.2) is 4.79 Å². The van der Waals surface area contributed by atoms with Crippen molar-refractivity contribution in [3.8, 4) is 11.8 Å². The summed E-state index contributed by atoms with van der Waals surface area (Å²) in [5, 5.41) is 9.40. The fourth-order valence-electron chi connectivity index (χ4n) is 3.00. The molecule has 0 unspecified atom stereocenters. The second-order valence-electron chi connectivity index (χ2n) is 6.39. The predicted octanol–water partition coefficient (Wildman–Crippen LogP) is 4.52. The molecule has 29 heavy (non-hydrogen) atoms. The Bertz CT molecular complexity index is 1120. The Morgan fingerprint density at radius 3 is 2.59 bits per heavy atom. The Morgan fingerprint density at radius 1 is 1.24 bits per heavy atom. The van der Waals surface area contributed by atoms with Crippen LogP contribution >= 0.6 is 15.9 Å². The highest BCUT2D eigenvalue weighted by atomic mass is 79.9. The lowest BCUT2D eigenvalue weighted by atomic mass is 10.1. The summed E-state index contributed by atoms with van der Waals surface area (Å²) in [6.07, 6.45) is 3.09. The SMILES string of the molecule is Cc1cc(/C=C(\C#N)C(=O)OCC(=O)c2ccc[nH]2)c(C)n1-c1ccc(Br)cc1. The smallest absolute Gasteiger partial charge is 0.349 e. The van der Waals surface area contributed by atoms with Crippen LogP contribution in [0.1, 0.15) is 27.4 Å². The van der Waals surface area contributed by atoms with Crippen molar-refractivity contribution in [2.75, 3.05) is 6.61 Å². The standard InChI is InChI=1S/C22H18BrN3O3/c1-14-10-16(15(2)26(14)19-7-5-18(23)6-8-19)11-17(12-24)22(28)29-13-21(27)20-4-3-9-25-20/h3-11,25H,13H2,1-2H3/b17-11+. The number of Topliss-reactive ketones (excluding diaryl/α,β-unsaturated/α-hetero) is 1.